The van der Waals surface area contributed by atoms with Crippen LogP contribution in [0.2, 0.25) is 0 Å². The van der Waals surface area contributed by atoms with Gasteiger partial charge in [0.25, 0.3) is 0 Å². The standard InChI is InChI=1S/C8H13Br3O3/c1-5(2)4-13-6(3)14-7(12)8(9,10)11/h5-6H,4H2,1-3H3. The van der Waals surface area contributed by atoms with Crippen LogP contribution in [0, 0.1) is 5.92 Å². The lowest BCUT2D eigenvalue weighted by Crippen LogP contribution is -2.27. The second-order valence-corrected chi connectivity index (χ2v) is 9.96. The second-order valence-electron chi connectivity index (χ2n) is 3.20. The summed E-state index contributed by atoms with van der Waals surface area (Å²) < 4.78 is 9.20. The van der Waals surface area contributed by atoms with Gasteiger partial charge in [-0.05, 0) is 60.6 Å². The van der Waals surface area contributed by atoms with Gasteiger partial charge in [-0.15, -0.1) is 0 Å². The van der Waals surface area contributed by atoms with Crippen LogP contribution >= 0.6 is 47.8 Å². The van der Waals surface area contributed by atoms with Gasteiger partial charge in [0, 0.05) is 0 Å². The Morgan fingerprint density at radius 3 is 2.14 bits per heavy atom. The Morgan fingerprint density at radius 2 is 1.79 bits per heavy atom. The predicted molar refractivity (Wildman–Crippen MR) is 65.9 cm³/mol. The van der Waals surface area contributed by atoms with E-state index in [2.05, 4.69) is 47.8 Å². The third kappa shape index (κ3) is 7.20. The maximum atomic E-state index is 11.3. The number of carbonyl (C=O) groups excluding carboxylic acids is 1. The van der Waals surface area contributed by atoms with Gasteiger partial charge in [0.1, 0.15) is 0 Å². The van der Waals surface area contributed by atoms with E-state index in [4.69, 9.17) is 9.47 Å². The number of halogens is 3. The lowest BCUT2D eigenvalue weighted by Gasteiger charge is -2.18. The molecule has 84 valence electrons. The molecule has 0 aliphatic heterocycles. The minimum absolute atomic E-state index is 0.415. The van der Waals surface area contributed by atoms with Crippen LogP contribution in [0.5, 0.6) is 0 Å². The third-order valence-corrected chi connectivity index (χ3v) is 2.14. The summed E-state index contributed by atoms with van der Waals surface area (Å²) in [5.41, 5.74) is 0. The summed E-state index contributed by atoms with van der Waals surface area (Å²) in [6, 6.07) is 0. The van der Waals surface area contributed by atoms with Crippen molar-refractivity contribution in [1.29, 1.82) is 0 Å². The van der Waals surface area contributed by atoms with Crippen LogP contribution in [-0.4, -0.2) is 21.0 Å². The van der Waals surface area contributed by atoms with E-state index in [0.717, 1.165) is 0 Å². The van der Waals surface area contributed by atoms with Crippen molar-refractivity contribution in [3.63, 3.8) is 0 Å². The van der Waals surface area contributed by atoms with Crippen LogP contribution in [-0.2, 0) is 14.3 Å². The molecule has 0 aliphatic carbocycles. The van der Waals surface area contributed by atoms with Gasteiger partial charge in [0.2, 0.25) is 2.14 Å². The van der Waals surface area contributed by atoms with E-state index in [-0.39, 0.29) is 0 Å². The van der Waals surface area contributed by atoms with Gasteiger partial charge in [-0.2, -0.15) is 0 Å². The maximum absolute atomic E-state index is 11.3. The minimum Gasteiger partial charge on any atom is -0.434 e. The Balaban J connectivity index is 3.83. The fourth-order valence-electron chi connectivity index (χ4n) is 0.580. The van der Waals surface area contributed by atoms with Crippen LogP contribution < -0.4 is 0 Å². The highest BCUT2D eigenvalue weighted by atomic mass is 80.0. The first kappa shape index (κ1) is 14.9. The predicted octanol–water partition coefficient (Wildman–Crippen LogP) is 3.39. The van der Waals surface area contributed by atoms with Gasteiger partial charge in [-0.25, -0.2) is 4.79 Å². The Bertz CT molecular complexity index is 189. The van der Waals surface area contributed by atoms with E-state index in [1.54, 1.807) is 6.92 Å². The van der Waals surface area contributed by atoms with Gasteiger partial charge in [0.15, 0.2) is 6.29 Å². The molecule has 3 nitrogen and oxygen atoms in total. The summed E-state index contributed by atoms with van der Waals surface area (Å²) in [7, 11) is 0. The highest BCUT2D eigenvalue weighted by molar-refractivity contribution is 9.40. The molecule has 14 heavy (non-hydrogen) atoms. The summed E-state index contributed by atoms with van der Waals surface area (Å²) >= 11 is 9.17. The van der Waals surface area contributed by atoms with Crippen molar-refractivity contribution in [1.82, 2.24) is 0 Å². The largest absolute Gasteiger partial charge is 0.434 e. The van der Waals surface area contributed by atoms with Crippen molar-refractivity contribution >= 4 is 53.8 Å². The first-order valence-electron chi connectivity index (χ1n) is 4.13. The van der Waals surface area contributed by atoms with Crippen LogP contribution in [0.15, 0.2) is 0 Å². The van der Waals surface area contributed by atoms with Crippen molar-refractivity contribution in [2.45, 2.75) is 29.2 Å². The monoisotopic (exact) mass is 394 g/mol. The molecule has 0 spiro atoms. The van der Waals surface area contributed by atoms with E-state index in [1.165, 1.54) is 0 Å². The summed E-state index contributed by atoms with van der Waals surface area (Å²) in [6.07, 6.45) is -0.545. The zero-order valence-corrected chi connectivity index (χ0v) is 13.0. The second kappa shape index (κ2) is 6.45. The molecule has 0 saturated heterocycles. The molecule has 0 rings (SSSR count). The van der Waals surface area contributed by atoms with Gasteiger partial charge < -0.3 is 9.47 Å². The molecule has 0 fully saturated rings. The third-order valence-electron chi connectivity index (χ3n) is 1.17. The Morgan fingerprint density at radius 1 is 1.29 bits per heavy atom. The van der Waals surface area contributed by atoms with E-state index in [1.807, 2.05) is 13.8 Å². The molecule has 0 aliphatic rings. The fraction of sp³-hybridized carbons (Fsp3) is 0.875. The molecule has 0 radical (unpaired) electrons. The number of alkyl halides is 3. The minimum atomic E-state index is -1.03. The molecule has 6 heteroatoms. The van der Waals surface area contributed by atoms with Crippen molar-refractivity contribution in [2.24, 2.45) is 5.92 Å². The highest BCUT2D eigenvalue weighted by Crippen LogP contribution is 2.35. The average molecular weight is 397 g/mol. The highest BCUT2D eigenvalue weighted by Gasteiger charge is 2.31. The first-order chi connectivity index (χ1) is 6.23. The normalized spacial score (nSPS) is 14.2. The molecule has 0 saturated carbocycles. The molecular formula is C8H13Br3O3. The summed E-state index contributed by atoms with van der Waals surface area (Å²) in [6.45, 7) is 6.30. The smallest absolute Gasteiger partial charge is 0.347 e. The Kier molecular flexibility index (Phi) is 6.85. The van der Waals surface area contributed by atoms with E-state index >= 15 is 0 Å². The maximum Gasteiger partial charge on any atom is 0.347 e. The van der Waals surface area contributed by atoms with Gasteiger partial charge in [-0.1, -0.05) is 13.8 Å². The van der Waals surface area contributed by atoms with Crippen molar-refractivity contribution < 1.29 is 14.3 Å². The Hall–Kier alpha value is 0.870. The molecule has 1 atom stereocenters. The average Bonchev–Trinajstić information content (AvgIpc) is 1.99. The number of rotatable bonds is 4. The van der Waals surface area contributed by atoms with Crippen LogP contribution in [0.3, 0.4) is 0 Å². The lowest BCUT2D eigenvalue weighted by atomic mass is 10.2. The van der Waals surface area contributed by atoms with Crippen LogP contribution in [0.25, 0.3) is 0 Å². The number of esters is 1. The topological polar surface area (TPSA) is 35.5 Å². The van der Waals surface area contributed by atoms with Gasteiger partial charge >= 0.3 is 5.97 Å². The zero-order chi connectivity index (χ0) is 11.4. The van der Waals surface area contributed by atoms with Crippen LogP contribution in [0.4, 0.5) is 0 Å². The number of carbonyl (C=O) groups is 1. The number of hydrogen-bond donors (Lipinski definition) is 0. The van der Waals surface area contributed by atoms with Crippen molar-refractivity contribution in [3.8, 4) is 0 Å². The fourth-order valence-corrected chi connectivity index (χ4v) is 0.860. The Labute approximate surface area is 109 Å². The molecule has 1 unspecified atom stereocenters. The molecule has 0 aromatic rings. The van der Waals surface area contributed by atoms with Gasteiger partial charge in [0.05, 0.1) is 6.61 Å². The number of ether oxygens (including phenoxy) is 2. The molecular weight excluding hydrogens is 384 g/mol. The first-order valence-corrected chi connectivity index (χ1v) is 6.50. The molecule has 0 N–H and O–H groups in total. The number of hydrogen-bond acceptors (Lipinski definition) is 3. The molecule has 0 amide bonds. The zero-order valence-electron chi connectivity index (χ0n) is 8.22. The summed E-state index contributed by atoms with van der Waals surface area (Å²) in [5.74, 6) is -0.0634. The van der Waals surface area contributed by atoms with E-state index in [9.17, 15) is 4.79 Å². The SMILES string of the molecule is CC(C)COC(C)OC(=O)C(Br)(Br)Br. The van der Waals surface area contributed by atoms with Crippen molar-refractivity contribution in [2.75, 3.05) is 6.61 Å². The molecule has 0 aromatic carbocycles. The molecule has 0 heterocycles. The summed E-state index contributed by atoms with van der Waals surface area (Å²) in [5, 5.41) is 0. The quantitative estimate of drug-likeness (QED) is 0.415. The molecule has 0 bridgehead atoms. The lowest BCUT2D eigenvalue weighted by molar-refractivity contribution is -0.174. The molecule has 0 aromatic heterocycles. The van der Waals surface area contributed by atoms with E-state index in [0.29, 0.717) is 12.5 Å². The summed E-state index contributed by atoms with van der Waals surface area (Å²) in [4.78, 5) is 11.3. The van der Waals surface area contributed by atoms with E-state index < -0.39 is 14.4 Å². The van der Waals surface area contributed by atoms with Crippen molar-refractivity contribution in [3.05, 3.63) is 0 Å². The van der Waals surface area contributed by atoms with Gasteiger partial charge in [-0.3, -0.25) is 0 Å². The van der Waals surface area contributed by atoms with Crippen LogP contribution in [0.1, 0.15) is 20.8 Å².